The number of nitrogens with zero attached hydrogens (tertiary/aromatic N) is 2. The number of benzene rings is 2. The van der Waals surface area contributed by atoms with Crippen molar-refractivity contribution in [1.82, 2.24) is 0 Å². The van der Waals surface area contributed by atoms with Gasteiger partial charge in [0.1, 0.15) is 10.8 Å². The molecule has 2 aromatic rings. The highest BCUT2D eigenvalue weighted by Crippen LogP contribution is 2.37. The molecule has 0 aliphatic heterocycles. The van der Waals surface area contributed by atoms with Gasteiger partial charge in [0, 0.05) is 11.6 Å². The van der Waals surface area contributed by atoms with E-state index in [1.807, 2.05) is 0 Å². The molecule has 0 heterocycles. The lowest BCUT2D eigenvalue weighted by Gasteiger charge is -2.07. The Morgan fingerprint density at radius 1 is 1.10 bits per heavy atom. The van der Waals surface area contributed by atoms with Gasteiger partial charge in [0.2, 0.25) is 5.75 Å². The summed E-state index contributed by atoms with van der Waals surface area (Å²) in [6.45, 7) is 1.55. The minimum atomic E-state index is -0.643. The summed E-state index contributed by atoms with van der Waals surface area (Å²) in [6, 6.07) is 8.39. The predicted octanol–water partition coefficient (Wildman–Crippen LogP) is 4.26. The van der Waals surface area contributed by atoms with Crippen molar-refractivity contribution in [2.75, 3.05) is 0 Å². The van der Waals surface area contributed by atoms with Gasteiger partial charge in [-0.3, -0.25) is 20.2 Å². The first-order valence-corrected chi connectivity index (χ1v) is 6.13. The van der Waals surface area contributed by atoms with Gasteiger partial charge in [0.15, 0.2) is 0 Å². The molecule has 7 nitrogen and oxygen atoms in total. The predicted molar refractivity (Wildman–Crippen MR) is 76.0 cm³/mol. The molecule has 0 fully saturated rings. The Bertz CT molecular complexity index is 732. The topological polar surface area (TPSA) is 95.5 Å². The summed E-state index contributed by atoms with van der Waals surface area (Å²) in [7, 11) is 0. The van der Waals surface area contributed by atoms with Crippen LogP contribution in [0.2, 0.25) is 5.02 Å². The van der Waals surface area contributed by atoms with Gasteiger partial charge in [-0.05, 0) is 31.2 Å². The molecular formula is C13H9ClN2O5. The van der Waals surface area contributed by atoms with E-state index in [4.69, 9.17) is 16.3 Å². The zero-order chi connectivity index (χ0) is 15.6. The van der Waals surface area contributed by atoms with E-state index < -0.39 is 9.85 Å². The number of rotatable bonds is 4. The van der Waals surface area contributed by atoms with Crippen LogP contribution in [0.15, 0.2) is 36.4 Å². The zero-order valence-electron chi connectivity index (χ0n) is 10.8. The Kier molecular flexibility index (Phi) is 4.04. The largest absolute Gasteiger partial charge is 0.450 e. The molecule has 0 saturated carbocycles. The standard InChI is InChI=1S/C13H9ClN2O5/c1-8-7-9(5-6-11(8)15(17)18)21-12-4-2-3-10(14)13(12)16(19)20/h2-7H,1H3. The summed E-state index contributed by atoms with van der Waals surface area (Å²) in [4.78, 5) is 20.6. The Morgan fingerprint density at radius 3 is 2.38 bits per heavy atom. The second kappa shape index (κ2) is 5.76. The van der Waals surface area contributed by atoms with Gasteiger partial charge in [-0.2, -0.15) is 0 Å². The molecule has 21 heavy (non-hydrogen) atoms. The minimum Gasteiger partial charge on any atom is -0.450 e. The highest BCUT2D eigenvalue weighted by molar-refractivity contribution is 6.32. The molecular weight excluding hydrogens is 300 g/mol. The average molecular weight is 309 g/mol. The summed E-state index contributed by atoms with van der Waals surface area (Å²) >= 11 is 5.78. The molecule has 0 spiro atoms. The van der Waals surface area contributed by atoms with Gasteiger partial charge in [-0.25, -0.2) is 0 Å². The first-order chi connectivity index (χ1) is 9.90. The molecule has 0 unspecified atom stereocenters. The van der Waals surface area contributed by atoms with Crippen molar-refractivity contribution in [1.29, 1.82) is 0 Å². The number of hydrogen-bond acceptors (Lipinski definition) is 5. The van der Waals surface area contributed by atoms with E-state index in [2.05, 4.69) is 0 Å². The fraction of sp³-hybridized carbons (Fsp3) is 0.0769. The second-order valence-electron chi connectivity index (χ2n) is 4.15. The fourth-order valence-corrected chi connectivity index (χ4v) is 2.01. The van der Waals surface area contributed by atoms with Crippen LogP contribution in [0.5, 0.6) is 11.5 Å². The molecule has 0 saturated heterocycles. The summed E-state index contributed by atoms with van der Waals surface area (Å²) < 4.78 is 5.42. The van der Waals surface area contributed by atoms with Crippen molar-refractivity contribution < 1.29 is 14.6 Å². The fourth-order valence-electron chi connectivity index (χ4n) is 1.78. The monoisotopic (exact) mass is 308 g/mol. The number of halogens is 1. The van der Waals surface area contributed by atoms with Crippen molar-refractivity contribution in [2.45, 2.75) is 6.92 Å². The lowest BCUT2D eigenvalue weighted by Crippen LogP contribution is -1.96. The van der Waals surface area contributed by atoms with Crippen LogP contribution >= 0.6 is 11.6 Å². The van der Waals surface area contributed by atoms with Crippen LogP contribution < -0.4 is 4.74 Å². The molecule has 108 valence electrons. The first kappa shape index (κ1) is 14.7. The number of hydrogen-bond donors (Lipinski definition) is 0. The Hall–Kier alpha value is -2.67. The summed E-state index contributed by atoms with van der Waals surface area (Å²) in [6.07, 6.45) is 0. The average Bonchev–Trinajstić information content (AvgIpc) is 2.37. The van der Waals surface area contributed by atoms with Gasteiger partial charge < -0.3 is 4.74 Å². The van der Waals surface area contributed by atoms with E-state index in [1.165, 1.54) is 36.4 Å². The summed E-state index contributed by atoms with van der Waals surface area (Å²) in [5.41, 5.74) is -0.0136. The number of nitro groups is 2. The Balaban J connectivity index is 2.39. The van der Waals surface area contributed by atoms with E-state index in [0.29, 0.717) is 5.56 Å². The molecule has 2 rings (SSSR count). The molecule has 0 aromatic heterocycles. The smallest absolute Gasteiger partial charge is 0.329 e. The lowest BCUT2D eigenvalue weighted by atomic mass is 10.2. The minimum absolute atomic E-state index is 0.0271. The van der Waals surface area contributed by atoms with Gasteiger partial charge in [-0.15, -0.1) is 0 Å². The maximum atomic E-state index is 11.0. The maximum absolute atomic E-state index is 11.0. The Labute approximate surface area is 124 Å². The van der Waals surface area contributed by atoms with Crippen molar-refractivity contribution in [3.63, 3.8) is 0 Å². The third kappa shape index (κ3) is 3.09. The normalized spacial score (nSPS) is 10.2. The van der Waals surface area contributed by atoms with Crippen LogP contribution in [0.3, 0.4) is 0 Å². The summed E-state index contributed by atoms with van der Waals surface area (Å²) in [5, 5.41) is 21.7. The maximum Gasteiger partial charge on any atom is 0.329 e. The van der Waals surface area contributed by atoms with Gasteiger partial charge in [0.05, 0.1) is 9.85 Å². The third-order valence-corrected chi connectivity index (χ3v) is 3.03. The molecule has 2 aromatic carbocycles. The van der Waals surface area contributed by atoms with Crippen LogP contribution in [0.1, 0.15) is 5.56 Å². The number of para-hydroxylation sites is 1. The first-order valence-electron chi connectivity index (χ1n) is 5.76. The van der Waals surface area contributed by atoms with Gasteiger partial charge in [-0.1, -0.05) is 17.7 Å². The highest BCUT2D eigenvalue weighted by atomic mass is 35.5. The van der Waals surface area contributed by atoms with Crippen molar-refractivity contribution >= 4 is 23.0 Å². The molecule has 0 N–H and O–H groups in total. The SMILES string of the molecule is Cc1cc(Oc2cccc(Cl)c2[N+](=O)[O-])ccc1[N+](=O)[O-]. The third-order valence-electron chi connectivity index (χ3n) is 2.73. The van der Waals surface area contributed by atoms with Gasteiger partial charge >= 0.3 is 5.69 Å². The van der Waals surface area contributed by atoms with Gasteiger partial charge in [0.25, 0.3) is 5.69 Å². The van der Waals surface area contributed by atoms with E-state index in [1.54, 1.807) is 6.92 Å². The van der Waals surface area contributed by atoms with Crippen LogP contribution in [-0.4, -0.2) is 9.85 Å². The zero-order valence-corrected chi connectivity index (χ0v) is 11.5. The molecule has 0 amide bonds. The quantitative estimate of drug-likeness (QED) is 0.621. The number of aryl methyl sites for hydroxylation is 1. The van der Waals surface area contributed by atoms with E-state index in [9.17, 15) is 20.2 Å². The van der Waals surface area contributed by atoms with Crippen LogP contribution in [-0.2, 0) is 0 Å². The Morgan fingerprint density at radius 2 is 1.81 bits per heavy atom. The molecule has 0 aliphatic rings. The van der Waals surface area contributed by atoms with E-state index in [-0.39, 0.29) is 27.9 Å². The molecule has 0 atom stereocenters. The van der Waals surface area contributed by atoms with Crippen LogP contribution in [0.4, 0.5) is 11.4 Å². The number of nitro benzene ring substituents is 2. The van der Waals surface area contributed by atoms with Crippen molar-refractivity contribution in [2.24, 2.45) is 0 Å². The molecule has 0 radical (unpaired) electrons. The summed E-state index contributed by atoms with van der Waals surface area (Å²) in [5.74, 6) is 0.226. The lowest BCUT2D eigenvalue weighted by molar-refractivity contribution is -0.385. The second-order valence-corrected chi connectivity index (χ2v) is 4.56. The molecule has 8 heteroatoms. The van der Waals surface area contributed by atoms with Crippen molar-refractivity contribution in [3.05, 3.63) is 67.2 Å². The van der Waals surface area contributed by atoms with Crippen LogP contribution in [0.25, 0.3) is 0 Å². The highest BCUT2D eigenvalue weighted by Gasteiger charge is 2.21. The molecule has 0 aliphatic carbocycles. The van der Waals surface area contributed by atoms with Crippen LogP contribution in [0, 0.1) is 27.2 Å². The van der Waals surface area contributed by atoms with Crippen molar-refractivity contribution in [3.8, 4) is 11.5 Å². The number of ether oxygens (including phenoxy) is 1. The molecule has 0 bridgehead atoms. The van der Waals surface area contributed by atoms with E-state index >= 15 is 0 Å². The van der Waals surface area contributed by atoms with E-state index in [0.717, 1.165) is 0 Å².